The molecule has 9 nitrogen and oxygen atoms in total. The van der Waals surface area contributed by atoms with Crippen molar-refractivity contribution >= 4 is 11.8 Å². The highest BCUT2D eigenvalue weighted by Crippen LogP contribution is 2.33. The highest BCUT2D eigenvalue weighted by atomic mass is 16.4. The number of benzene rings is 1. The van der Waals surface area contributed by atoms with Gasteiger partial charge < -0.3 is 15.9 Å². The van der Waals surface area contributed by atoms with E-state index in [1.54, 1.807) is 24.4 Å². The summed E-state index contributed by atoms with van der Waals surface area (Å²) in [5.74, 6) is 0.0666. The molecule has 1 aromatic carbocycles. The van der Waals surface area contributed by atoms with E-state index in [4.69, 9.17) is 10.8 Å². The second-order valence-electron chi connectivity index (χ2n) is 8.00. The van der Waals surface area contributed by atoms with Gasteiger partial charge in [0.2, 0.25) is 0 Å². The van der Waals surface area contributed by atoms with Crippen LogP contribution in [0.15, 0.2) is 42.7 Å². The zero-order chi connectivity index (χ0) is 22.0. The Morgan fingerprint density at radius 1 is 1.23 bits per heavy atom. The van der Waals surface area contributed by atoms with Crippen LogP contribution in [0.4, 0.5) is 5.82 Å². The van der Waals surface area contributed by atoms with Gasteiger partial charge >= 0.3 is 5.97 Å². The number of para-hydroxylation sites is 1. The van der Waals surface area contributed by atoms with Gasteiger partial charge in [-0.3, -0.25) is 14.4 Å². The molecule has 1 fully saturated rings. The van der Waals surface area contributed by atoms with Gasteiger partial charge in [0.25, 0.3) is 0 Å². The van der Waals surface area contributed by atoms with Gasteiger partial charge in [-0.2, -0.15) is 5.10 Å². The Labute approximate surface area is 180 Å². The molecule has 31 heavy (non-hydrogen) atoms. The summed E-state index contributed by atoms with van der Waals surface area (Å²) in [4.78, 5) is 12.9. The molecule has 0 amide bonds. The Hall–Kier alpha value is -3.46. The molecule has 1 unspecified atom stereocenters. The first kappa shape index (κ1) is 20.8. The van der Waals surface area contributed by atoms with Gasteiger partial charge in [-0.25, -0.2) is 0 Å². The molecule has 1 atom stereocenters. The predicted molar refractivity (Wildman–Crippen MR) is 116 cm³/mol. The summed E-state index contributed by atoms with van der Waals surface area (Å²) in [5.41, 5.74) is 8.76. The van der Waals surface area contributed by atoms with Crippen LogP contribution >= 0.6 is 0 Å². The summed E-state index contributed by atoms with van der Waals surface area (Å²) in [6.07, 6.45) is 5.58. The lowest BCUT2D eigenvalue weighted by atomic mass is 9.90. The number of hydrogen-bond acceptors (Lipinski definition) is 7. The lowest BCUT2D eigenvalue weighted by Gasteiger charge is -2.34. The number of aliphatic carboxylic acids is 1. The zero-order valence-corrected chi connectivity index (χ0v) is 17.3. The maximum atomic E-state index is 10.9. The van der Waals surface area contributed by atoms with Gasteiger partial charge in [-0.05, 0) is 57.0 Å². The van der Waals surface area contributed by atoms with Crippen molar-refractivity contribution < 1.29 is 15.0 Å². The molecule has 1 aliphatic heterocycles. The topological polar surface area (TPSA) is 130 Å². The third kappa shape index (κ3) is 4.51. The summed E-state index contributed by atoms with van der Waals surface area (Å²) >= 11 is 0. The fourth-order valence-electron chi connectivity index (χ4n) is 4.15. The summed E-state index contributed by atoms with van der Waals surface area (Å²) in [6, 6.07) is 8.95. The van der Waals surface area contributed by atoms with Crippen LogP contribution in [-0.4, -0.2) is 60.7 Å². The number of nitrogens with two attached hydrogens (primary N) is 1. The number of nitrogen functional groups attached to an aromatic ring is 1. The van der Waals surface area contributed by atoms with Crippen LogP contribution in [-0.2, 0) is 4.79 Å². The van der Waals surface area contributed by atoms with Gasteiger partial charge in [-0.1, -0.05) is 12.1 Å². The maximum absolute atomic E-state index is 10.9. The van der Waals surface area contributed by atoms with E-state index in [9.17, 15) is 9.90 Å². The van der Waals surface area contributed by atoms with Gasteiger partial charge in [0.1, 0.15) is 5.75 Å². The van der Waals surface area contributed by atoms with Crippen molar-refractivity contribution in [2.24, 2.45) is 5.92 Å². The second kappa shape index (κ2) is 8.73. The number of phenolic OH excluding ortho intramolecular Hbond substituents is 1. The second-order valence-corrected chi connectivity index (χ2v) is 8.00. The number of piperidine rings is 1. The highest BCUT2D eigenvalue weighted by Gasteiger charge is 2.26. The smallest absolute Gasteiger partial charge is 0.317 e. The van der Waals surface area contributed by atoms with Crippen molar-refractivity contribution in [2.45, 2.75) is 25.8 Å². The molecule has 1 aliphatic rings. The number of likely N-dealkylation sites (tertiary alicyclic amines) is 1. The van der Waals surface area contributed by atoms with E-state index in [-0.39, 0.29) is 18.3 Å². The number of carbonyl (C=O) groups is 1. The molecule has 4 N–H and O–H groups in total. The van der Waals surface area contributed by atoms with Gasteiger partial charge in [0.15, 0.2) is 5.82 Å². The number of nitrogens with zero attached hydrogens (tertiary/aromatic N) is 5. The Balaban J connectivity index is 1.52. The standard InChI is InChI=1S/C22H26N6O3/c1-14(15-6-8-27(9-7-15)13-21(30)31)28-12-16(11-24-28)18-10-19(25-26-22(18)23)17-4-2-3-5-20(17)29/h2-5,10-12,14-15,29H,6-9,13H2,1H3,(H2,23,26)(H,30,31). The number of anilines is 1. The molecule has 0 spiro atoms. The number of aromatic nitrogens is 4. The molecule has 0 bridgehead atoms. The number of carboxylic acid groups (broad SMARTS) is 1. The number of hydrogen-bond donors (Lipinski definition) is 3. The van der Waals surface area contributed by atoms with E-state index < -0.39 is 5.97 Å². The molecule has 9 heteroatoms. The summed E-state index contributed by atoms with van der Waals surface area (Å²) in [7, 11) is 0. The quantitative estimate of drug-likeness (QED) is 0.553. The third-order valence-electron chi connectivity index (χ3n) is 6.01. The molecule has 0 saturated carbocycles. The van der Waals surface area contributed by atoms with Crippen molar-refractivity contribution in [3.05, 3.63) is 42.7 Å². The summed E-state index contributed by atoms with van der Waals surface area (Å²) < 4.78 is 1.94. The molecule has 162 valence electrons. The number of carboxylic acids is 1. The minimum atomic E-state index is -0.782. The van der Waals surface area contributed by atoms with Crippen LogP contribution in [0, 0.1) is 5.92 Å². The van der Waals surface area contributed by atoms with Crippen molar-refractivity contribution in [1.29, 1.82) is 0 Å². The van der Waals surface area contributed by atoms with Gasteiger partial charge in [-0.15, -0.1) is 10.2 Å². The lowest BCUT2D eigenvalue weighted by Crippen LogP contribution is -2.39. The van der Waals surface area contributed by atoms with Crippen LogP contribution in [0.2, 0.25) is 0 Å². The Morgan fingerprint density at radius 2 is 1.97 bits per heavy atom. The molecular weight excluding hydrogens is 396 g/mol. The number of rotatable bonds is 6. The zero-order valence-electron chi connectivity index (χ0n) is 17.3. The largest absolute Gasteiger partial charge is 0.507 e. The van der Waals surface area contributed by atoms with E-state index in [0.29, 0.717) is 28.6 Å². The SMILES string of the molecule is CC(C1CCN(CC(=O)O)CC1)n1cc(-c2cc(-c3ccccc3O)nnc2N)cn1. The molecule has 3 aromatic rings. The van der Waals surface area contributed by atoms with Crippen LogP contribution < -0.4 is 5.73 Å². The first-order chi connectivity index (χ1) is 14.9. The van der Waals surface area contributed by atoms with Gasteiger partial charge in [0.05, 0.1) is 24.5 Å². The van der Waals surface area contributed by atoms with E-state index in [1.807, 2.05) is 27.9 Å². The van der Waals surface area contributed by atoms with E-state index in [1.165, 1.54) is 0 Å². The number of phenols is 1. The van der Waals surface area contributed by atoms with E-state index >= 15 is 0 Å². The summed E-state index contributed by atoms with van der Waals surface area (Å²) in [5, 5.41) is 31.9. The molecule has 3 heterocycles. The Morgan fingerprint density at radius 3 is 2.68 bits per heavy atom. The average Bonchev–Trinajstić information content (AvgIpc) is 3.24. The average molecular weight is 422 g/mol. The normalized spacial score (nSPS) is 16.3. The third-order valence-corrected chi connectivity index (χ3v) is 6.01. The monoisotopic (exact) mass is 422 g/mol. The molecule has 0 radical (unpaired) electrons. The van der Waals surface area contributed by atoms with Crippen LogP contribution in [0.1, 0.15) is 25.8 Å². The van der Waals surface area contributed by atoms with E-state index in [2.05, 4.69) is 22.2 Å². The predicted octanol–water partition coefficient (Wildman–Crippen LogP) is 2.65. The molecule has 4 rings (SSSR count). The van der Waals surface area contributed by atoms with Crippen molar-refractivity contribution in [3.63, 3.8) is 0 Å². The lowest BCUT2D eigenvalue weighted by molar-refractivity contribution is -0.138. The van der Waals surface area contributed by atoms with Crippen LogP contribution in [0.25, 0.3) is 22.4 Å². The first-order valence-electron chi connectivity index (χ1n) is 10.3. The molecular formula is C22H26N6O3. The Kier molecular flexibility index (Phi) is 5.85. The maximum Gasteiger partial charge on any atom is 0.317 e. The van der Waals surface area contributed by atoms with Gasteiger partial charge in [0, 0.05) is 22.9 Å². The van der Waals surface area contributed by atoms with Crippen LogP contribution in [0.3, 0.4) is 0 Å². The summed E-state index contributed by atoms with van der Waals surface area (Å²) in [6.45, 7) is 3.79. The molecule has 2 aromatic heterocycles. The molecule has 1 saturated heterocycles. The molecule has 0 aliphatic carbocycles. The van der Waals surface area contributed by atoms with Crippen molar-refractivity contribution in [3.8, 4) is 28.1 Å². The minimum Gasteiger partial charge on any atom is -0.507 e. The Bertz CT molecular complexity index is 1070. The number of aromatic hydroxyl groups is 1. The van der Waals surface area contributed by atoms with Crippen molar-refractivity contribution in [2.75, 3.05) is 25.4 Å². The fourth-order valence-corrected chi connectivity index (χ4v) is 4.15. The fraction of sp³-hybridized carbons (Fsp3) is 0.364. The minimum absolute atomic E-state index is 0.0979. The highest BCUT2D eigenvalue weighted by molar-refractivity contribution is 5.78. The van der Waals surface area contributed by atoms with E-state index in [0.717, 1.165) is 31.5 Å². The van der Waals surface area contributed by atoms with Crippen molar-refractivity contribution in [1.82, 2.24) is 24.9 Å². The first-order valence-corrected chi connectivity index (χ1v) is 10.3. The van der Waals surface area contributed by atoms with Crippen LogP contribution in [0.5, 0.6) is 5.75 Å².